The summed E-state index contributed by atoms with van der Waals surface area (Å²) in [5, 5.41) is 6.91. The van der Waals surface area contributed by atoms with E-state index in [0.717, 1.165) is 41.1 Å². The highest BCUT2D eigenvalue weighted by atomic mass is 16.1. The molecule has 0 spiro atoms. The van der Waals surface area contributed by atoms with Crippen LogP contribution in [0.25, 0.3) is 10.9 Å². The Morgan fingerprint density at radius 3 is 2.71 bits per heavy atom. The molecular formula is C22H21N5O. The van der Waals surface area contributed by atoms with Crippen LogP contribution >= 0.6 is 0 Å². The number of nitrogens with one attached hydrogen (secondary N) is 3. The van der Waals surface area contributed by atoms with Crippen molar-refractivity contribution in [3.8, 4) is 0 Å². The molecule has 0 aliphatic heterocycles. The number of anilines is 2. The van der Waals surface area contributed by atoms with Crippen LogP contribution < -0.4 is 10.6 Å². The van der Waals surface area contributed by atoms with E-state index in [1.807, 2.05) is 48.5 Å². The van der Waals surface area contributed by atoms with Crippen molar-refractivity contribution in [2.24, 2.45) is 0 Å². The van der Waals surface area contributed by atoms with E-state index in [-0.39, 0.29) is 5.91 Å². The number of aromatic amines is 1. The quantitative estimate of drug-likeness (QED) is 0.481. The first-order chi connectivity index (χ1) is 13.7. The van der Waals surface area contributed by atoms with Gasteiger partial charge in [0.25, 0.3) is 5.91 Å². The summed E-state index contributed by atoms with van der Waals surface area (Å²) in [7, 11) is 1.62. The smallest absolute Gasteiger partial charge is 0.267 e. The summed E-state index contributed by atoms with van der Waals surface area (Å²) in [5.41, 5.74) is 3.63. The zero-order chi connectivity index (χ0) is 19.3. The lowest BCUT2D eigenvalue weighted by Gasteiger charge is -2.07. The average molecular weight is 371 g/mol. The van der Waals surface area contributed by atoms with E-state index < -0.39 is 0 Å². The van der Waals surface area contributed by atoms with Crippen molar-refractivity contribution in [3.05, 3.63) is 83.9 Å². The molecule has 28 heavy (non-hydrogen) atoms. The first kappa shape index (κ1) is 17.7. The summed E-state index contributed by atoms with van der Waals surface area (Å²) in [6, 6.07) is 19.9. The molecular weight excluding hydrogens is 350 g/mol. The Balaban J connectivity index is 1.48. The Kier molecular flexibility index (Phi) is 5.01. The number of amides is 1. The lowest BCUT2D eigenvalue weighted by atomic mass is 10.1. The van der Waals surface area contributed by atoms with Crippen LogP contribution in [0.1, 0.15) is 21.9 Å². The van der Waals surface area contributed by atoms with Crippen molar-refractivity contribution in [3.63, 3.8) is 0 Å². The van der Waals surface area contributed by atoms with Gasteiger partial charge in [-0.25, -0.2) is 9.97 Å². The van der Waals surface area contributed by atoms with Gasteiger partial charge in [0.2, 0.25) is 0 Å². The van der Waals surface area contributed by atoms with Crippen LogP contribution in [0.3, 0.4) is 0 Å². The molecule has 140 valence electrons. The number of nitrogens with zero attached hydrogens (tertiary/aromatic N) is 2. The van der Waals surface area contributed by atoms with Gasteiger partial charge >= 0.3 is 0 Å². The van der Waals surface area contributed by atoms with Gasteiger partial charge in [0, 0.05) is 36.3 Å². The minimum Gasteiger partial charge on any atom is -0.354 e. The SMILES string of the molecule is CNC(=O)c1cc2cc(Nc3ccnc(CCc4ccccc4)n3)ccc2[nH]1. The summed E-state index contributed by atoms with van der Waals surface area (Å²) in [5.74, 6) is 1.42. The Morgan fingerprint density at radius 1 is 1.04 bits per heavy atom. The molecule has 0 bridgehead atoms. The van der Waals surface area contributed by atoms with Crippen molar-refractivity contribution in [2.45, 2.75) is 12.8 Å². The molecule has 2 aromatic carbocycles. The van der Waals surface area contributed by atoms with Crippen molar-refractivity contribution in [2.75, 3.05) is 12.4 Å². The molecule has 6 heteroatoms. The molecule has 6 nitrogen and oxygen atoms in total. The standard InChI is InChI=1S/C22H21N5O/c1-23-22(28)19-14-16-13-17(8-9-18(16)26-19)25-21-11-12-24-20(27-21)10-7-15-5-3-2-4-6-15/h2-6,8-9,11-14,26H,7,10H2,1H3,(H,23,28)(H,24,25,27). The fourth-order valence-electron chi connectivity index (χ4n) is 3.11. The van der Waals surface area contributed by atoms with Crippen LogP contribution in [0.5, 0.6) is 0 Å². The second-order valence-electron chi connectivity index (χ2n) is 6.53. The molecule has 2 aromatic heterocycles. The molecule has 0 aliphatic rings. The lowest BCUT2D eigenvalue weighted by Crippen LogP contribution is -2.17. The second kappa shape index (κ2) is 7.92. The number of hydrogen-bond donors (Lipinski definition) is 3. The normalized spacial score (nSPS) is 10.8. The predicted octanol–water partition coefficient (Wildman–Crippen LogP) is 3.85. The van der Waals surface area contributed by atoms with Gasteiger partial charge in [-0.1, -0.05) is 30.3 Å². The highest BCUT2D eigenvalue weighted by molar-refractivity contribution is 5.98. The summed E-state index contributed by atoms with van der Waals surface area (Å²) in [4.78, 5) is 23.9. The number of H-pyrrole nitrogens is 1. The summed E-state index contributed by atoms with van der Waals surface area (Å²) >= 11 is 0. The molecule has 0 aliphatic carbocycles. The molecule has 0 saturated heterocycles. The van der Waals surface area contributed by atoms with E-state index >= 15 is 0 Å². The molecule has 0 saturated carbocycles. The minimum absolute atomic E-state index is 0.135. The van der Waals surface area contributed by atoms with Gasteiger partial charge in [0.05, 0.1) is 0 Å². The van der Waals surface area contributed by atoms with Crippen LogP contribution in [-0.4, -0.2) is 27.9 Å². The molecule has 0 radical (unpaired) electrons. The monoisotopic (exact) mass is 371 g/mol. The number of carbonyl (C=O) groups excluding carboxylic acids is 1. The van der Waals surface area contributed by atoms with Crippen LogP contribution in [0.4, 0.5) is 11.5 Å². The van der Waals surface area contributed by atoms with Crippen LogP contribution in [0.15, 0.2) is 66.9 Å². The molecule has 0 atom stereocenters. The van der Waals surface area contributed by atoms with E-state index in [4.69, 9.17) is 0 Å². The fourth-order valence-corrected chi connectivity index (χ4v) is 3.11. The number of carbonyl (C=O) groups is 1. The second-order valence-corrected chi connectivity index (χ2v) is 6.53. The molecule has 2 heterocycles. The number of benzene rings is 2. The van der Waals surface area contributed by atoms with E-state index in [9.17, 15) is 4.79 Å². The van der Waals surface area contributed by atoms with Crippen LogP contribution in [-0.2, 0) is 12.8 Å². The third-order valence-corrected chi connectivity index (χ3v) is 4.55. The molecule has 3 N–H and O–H groups in total. The number of aryl methyl sites for hydroxylation is 2. The number of fused-ring (bicyclic) bond motifs is 1. The van der Waals surface area contributed by atoms with E-state index in [2.05, 4.69) is 37.7 Å². The molecule has 0 fully saturated rings. The topological polar surface area (TPSA) is 82.7 Å². The van der Waals surface area contributed by atoms with Crippen molar-refractivity contribution >= 4 is 28.3 Å². The first-order valence-electron chi connectivity index (χ1n) is 9.19. The first-order valence-corrected chi connectivity index (χ1v) is 9.19. The Hall–Kier alpha value is -3.67. The maximum absolute atomic E-state index is 11.8. The average Bonchev–Trinajstić information content (AvgIpc) is 3.16. The van der Waals surface area contributed by atoms with Gasteiger partial charge in [0.15, 0.2) is 0 Å². The molecule has 0 unspecified atom stereocenters. The number of hydrogen-bond acceptors (Lipinski definition) is 4. The summed E-state index contributed by atoms with van der Waals surface area (Å²) < 4.78 is 0. The molecule has 4 aromatic rings. The minimum atomic E-state index is -0.135. The Labute approximate surface area is 163 Å². The number of aromatic nitrogens is 3. The Morgan fingerprint density at radius 2 is 1.89 bits per heavy atom. The zero-order valence-electron chi connectivity index (χ0n) is 15.6. The van der Waals surface area contributed by atoms with E-state index in [1.54, 1.807) is 13.2 Å². The highest BCUT2D eigenvalue weighted by Crippen LogP contribution is 2.22. The molecule has 1 amide bonds. The van der Waals surface area contributed by atoms with Crippen LogP contribution in [0.2, 0.25) is 0 Å². The van der Waals surface area contributed by atoms with Gasteiger partial charge in [-0.2, -0.15) is 0 Å². The third-order valence-electron chi connectivity index (χ3n) is 4.55. The van der Waals surface area contributed by atoms with Gasteiger partial charge < -0.3 is 15.6 Å². The van der Waals surface area contributed by atoms with Gasteiger partial charge in [-0.15, -0.1) is 0 Å². The van der Waals surface area contributed by atoms with E-state index in [0.29, 0.717) is 5.69 Å². The van der Waals surface area contributed by atoms with Crippen LogP contribution in [0, 0.1) is 0 Å². The third kappa shape index (κ3) is 4.01. The lowest BCUT2D eigenvalue weighted by molar-refractivity contribution is 0.0959. The number of rotatable bonds is 6. The molecule has 4 rings (SSSR count). The van der Waals surface area contributed by atoms with Crippen molar-refractivity contribution < 1.29 is 4.79 Å². The van der Waals surface area contributed by atoms with Gasteiger partial charge in [-0.3, -0.25) is 4.79 Å². The predicted molar refractivity (Wildman–Crippen MR) is 111 cm³/mol. The zero-order valence-corrected chi connectivity index (χ0v) is 15.6. The van der Waals surface area contributed by atoms with Crippen molar-refractivity contribution in [1.82, 2.24) is 20.3 Å². The Bertz CT molecular complexity index is 1100. The van der Waals surface area contributed by atoms with Gasteiger partial charge in [0.1, 0.15) is 17.3 Å². The van der Waals surface area contributed by atoms with E-state index in [1.165, 1.54) is 5.56 Å². The summed E-state index contributed by atoms with van der Waals surface area (Å²) in [6.07, 6.45) is 3.46. The summed E-state index contributed by atoms with van der Waals surface area (Å²) in [6.45, 7) is 0. The van der Waals surface area contributed by atoms with Gasteiger partial charge in [-0.05, 0) is 42.3 Å². The fraction of sp³-hybridized carbons (Fsp3) is 0.136. The largest absolute Gasteiger partial charge is 0.354 e. The maximum atomic E-state index is 11.8. The maximum Gasteiger partial charge on any atom is 0.267 e. The van der Waals surface area contributed by atoms with Crippen molar-refractivity contribution in [1.29, 1.82) is 0 Å². The highest BCUT2D eigenvalue weighted by Gasteiger charge is 2.08.